The molecule has 1 aliphatic rings. The highest BCUT2D eigenvalue weighted by atomic mass is 16.6. The second-order valence-corrected chi connectivity index (χ2v) is 5.66. The molecule has 0 spiro atoms. The number of aliphatic hydroxyl groups is 2. The summed E-state index contributed by atoms with van der Waals surface area (Å²) in [5.41, 5.74) is -3.94. The summed E-state index contributed by atoms with van der Waals surface area (Å²) in [6.07, 6.45) is -3.62. The van der Waals surface area contributed by atoms with E-state index in [1.165, 1.54) is 0 Å². The number of carbonyl (C=O) groups excluding carboxylic acids is 1. The van der Waals surface area contributed by atoms with Crippen molar-refractivity contribution >= 4 is 5.97 Å². The first-order chi connectivity index (χ1) is 11.2. The zero-order valence-corrected chi connectivity index (χ0v) is 13.0. The molecule has 0 aromatic carbocycles. The van der Waals surface area contributed by atoms with Crippen LogP contribution in [0.4, 0.5) is 0 Å². The number of nitrogens with zero attached hydrogens (tertiary/aromatic N) is 2. The minimum Gasteiger partial charge on any atom is -0.463 e. The molecule has 1 aliphatic heterocycles. The third kappa shape index (κ3) is 2.96. The Labute approximate surface area is 135 Å². The molecule has 3 N–H and O–H groups in total. The zero-order chi connectivity index (χ0) is 18.1. The van der Waals surface area contributed by atoms with Crippen LogP contribution in [0.15, 0.2) is 21.9 Å². The largest absolute Gasteiger partial charge is 0.463 e. The molecular formula is C14H17N3O7. The van der Waals surface area contributed by atoms with Crippen LogP contribution in [0.3, 0.4) is 0 Å². The minimum absolute atomic E-state index is 0.406. The predicted octanol–water partition coefficient (Wildman–Crippen LogP) is -1.97. The lowest BCUT2D eigenvalue weighted by Crippen LogP contribution is -2.50. The Bertz CT molecular complexity index is 778. The summed E-state index contributed by atoms with van der Waals surface area (Å²) in [5.74, 6) is -0.952. The highest BCUT2D eigenvalue weighted by molar-refractivity contribution is 5.71. The summed E-state index contributed by atoms with van der Waals surface area (Å²) < 4.78 is 11.0. The molecule has 0 amide bonds. The topological polar surface area (TPSA) is 155 Å². The van der Waals surface area contributed by atoms with Crippen molar-refractivity contribution in [1.82, 2.24) is 9.55 Å². The van der Waals surface area contributed by atoms with Crippen LogP contribution < -0.4 is 11.2 Å². The highest BCUT2D eigenvalue weighted by Crippen LogP contribution is 2.34. The molecule has 10 nitrogen and oxygen atoms in total. The van der Waals surface area contributed by atoms with Gasteiger partial charge in [-0.25, -0.2) is 4.79 Å². The summed E-state index contributed by atoms with van der Waals surface area (Å²) in [5, 5.41) is 29.7. The quantitative estimate of drug-likeness (QED) is 0.534. The van der Waals surface area contributed by atoms with E-state index in [1.807, 2.05) is 4.98 Å². The monoisotopic (exact) mass is 339 g/mol. The van der Waals surface area contributed by atoms with E-state index in [9.17, 15) is 29.9 Å². The van der Waals surface area contributed by atoms with E-state index < -0.39 is 53.8 Å². The molecular weight excluding hydrogens is 322 g/mol. The van der Waals surface area contributed by atoms with Gasteiger partial charge in [0.1, 0.15) is 31.0 Å². The fourth-order valence-electron chi connectivity index (χ4n) is 2.29. The first kappa shape index (κ1) is 17.9. The molecule has 3 unspecified atom stereocenters. The van der Waals surface area contributed by atoms with Gasteiger partial charge in [0, 0.05) is 12.3 Å². The minimum atomic E-state index is -2.25. The first-order valence-corrected chi connectivity index (χ1v) is 7.17. The lowest BCUT2D eigenvalue weighted by Gasteiger charge is -2.26. The molecule has 4 atom stereocenters. The van der Waals surface area contributed by atoms with Crippen LogP contribution in [-0.4, -0.2) is 50.7 Å². The number of H-pyrrole nitrogens is 1. The van der Waals surface area contributed by atoms with Gasteiger partial charge in [-0.2, -0.15) is 5.26 Å². The maximum absolute atomic E-state index is 11.9. The normalized spacial score (nSPS) is 29.4. The molecule has 1 saturated heterocycles. The van der Waals surface area contributed by atoms with Crippen LogP contribution in [0.2, 0.25) is 0 Å². The van der Waals surface area contributed by atoms with Crippen LogP contribution in [0.5, 0.6) is 0 Å². The van der Waals surface area contributed by atoms with Gasteiger partial charge in [-0.1, -0.05) is 13.8 Å². The van der Waals surface area contributed by atoms with Crippen LogP contribution in [0.1, 0.15) is 13.8 Å². The van der Waals surface area contributed by atoms with Gasteiger partial charge in [-0.3, -0.25) is 19.1 Å². The van der Waals surface area contributed by atoms with Crippen molar-refractivity contribution in [3.8, 4) is 6.07 Å². The number of ether oxygens (including phenoxy) is 2. The fourth-order valence-corrected chi connectivity index (χ4v) is 2.29. The molecule has 1 aromatic heterocycles. The third-order valence-electron chi connectivity index (χ3n) is 3.64. The SMILES string of the molecule is CC(C)C(=O)OCC1O[C@@](C#N)(n2ccc(=O)[nH]c2=O)C(O)C1O. The number of carbonyl (C=O) groups is 1. The lowest BCUT2D eigenvalue weighted by atomic mass is 10.0. The van der Waals surface area contributed by atoms with E-state index >= 15 is 0 Å². The number of nitriles is 1. The maximum atomic E-state index is 11.9. The van der Waals surface area contributed by atoms with E-state index in [0.717, 1.165) is 12.3 Å². The second-order valence-electron chi connectivity index (χ2n) is 5.66. The number of nitrogens with one attached hydrogen (secondary N) is 1. The van der Waals surface area contributed by atoms with Gasteiger partial charge in [0.25, 0.3) is 11.3 Å². The number of hydrogen-bond donors (Lipinski definition) is 3. The van der Waals surface area contributed by atoms with Crippen molar-refractivity contribution in [2.75, 3.05) is 6.61 Å². The summed E-state index contributed by atoms with van der Waals surface area (Å²) in [6.45, 7) is 2.82. The Morgan fingerprint density at radius 2 is 2.21 bits per heavy atom. The Morgan fingerprint density at radius 3 is 2.75 bits per heavy atom. The van der Waals surface area contributed by atoms with Crippen LogP contribution in [0, 0.1) is 17.2 Å². The molecule has 0 radical (unpaired) electrons. The van der Waals surface area contributed by atoms with Crippen molar-refractivity contribution in [3.63, 3.8) is 0 Å². The van der Waals surface area contributed by atoms with E-state index in [4.69, 9.17) is 9.47 Å². The zero-order valence-electron chi connectivity index (χ0n) is 13.0. The van der Waals surface area contributed by atoms with Gasteiger partial charge >= 0.3 is 11.7 Å². The van der Waals surface area contributed by atoms with Gasteiger partial charge in [0.2, 0.25) is 0 Å². The molecule has 130 valence electrons. The van der Waals surface area contributed by atoms with Crippen molar-refractivity contribution < 1.29 is 24.5 Å². The van der Waals surface area contributed by atoms with Crippen molar-refractivity contribution in [1.29, 1.82) is 5.26 Å². The lowest BCUT2D eigenvalue weighted by molar-refractivity contribution is -0.157. The number of aromatic amines is 1. The Hall–Kier alpha value is -2.48. The Balaban J connectivity index is 2.32. The van der Waals surface area contributed by atoms with Gasteiger partial charge in [-0.05, 0) is 0 Å². The molecule has 0 aliphatic carbocycles. The predicted molar refractivity (Wildman–Crippen MR) is 77.6 cm³/mol. The summed E-state index contributed by atoms with van der Waals surface area (Å²) in [4.78, 5) is 36.5. The van der Waals surface area contributed by atoms with E-state index in [-0.39, 0.29) is 0 Å². The second kappa shape index (κ2) is 6.56. The van der Waals surface area contributed by atoms with E-state index in [1.54, 1.807) is 19.9 Å². The fraction of sp³-hybridized carbons (Fsp3) is 0.571. The highest BCUT2D eigenvalue weighted by Gasteiger charge is 2.57. The molecule has 1 fully saturated rings. The van der Waals surface area contributed by atoms with Gasteiger partial charge in [0.05, 0.1) is 5.92 Å². The van der Waals surface area contributed by atoms with Crippen molar-refractivity contribution in [3.05, 3.63) is 33.1 Å². The average Bonchev–Trinajstić information content (AvgIpc) is 2.77. The van der Waals surface area contributed by atoms with Gasteiger partial charge in [0.15, 0.2) is 0 Å². The molecule has 1 aromatic rings. The molecule has 10 heteroatoms. The number of hydrogen-bond acceptors (Lipinski definition) is 8. The van der Waals surface area contributed by atoms with Gasteiger partial charge in [-0.15, -0.1) is 0 Å². The van der Waals surface area contributed by atoms with Crippen molar-refractivity contribution in [2.45, 2.75) is 37.9 Å². The number of aliphatic hydroxyl groups excluding tert-OH is 2. The van der Waals surface area contributed by atoms with Gasteiger partial charge < -0.3 is 19.7 Å². The molecule has 2 rings (SSSR count). The standard InChI is InChI=1S/C14H17N3O7/c1-7(2)12(21)23-5-8-10(19)11(20)14(6-15,24-8)17-4-3-9(18)16-13(17)22/h3-4,7-8,10-11,19-20H,5H2,1-2H3,(H,16,18,22)/t8?,10?,11?,14-/m1/s1. The maximum Gasteiger partial charge on any atom is 0.331 e. The smallest absolute Gasteiger partial charge is 0.331 e. The average molecular weight is 339 g/mol. The van der Waals surface area contributed by atoms with Crippen LogP contribution in [0.25, 0.3) is 0 Å². The van der Waals surface area contributed by atoms with E-state index in [0.29, 0.717) is 4.57 Å². The Morgan fingerprint density at radius 1 is 1.54 bits per heavy atom. The Kier molecular flexibility index (Phi) is 4.88. The van der Waals surface area contributed by atoms with Crippen molar-refractivity contribution in [2.24, 2.45) is 5.92 Å². The summed E-state index contributed by atoms with van der Waals surface area (Å²) in [6, 6.07) is 2.61. The van der Waals surface area contributed by atoms with Crippen LogP contribution in [-0.2, 0) is 20.0 Å². The third-order valence-corrected chi connectivity index (χ3v) is 3.64. The number of rotatable bonds is 4. The van der Waals surface area contributed by atoms with Crippen LogP contribution >= 0.6 is 0 Å². The van der Waals surface area contributed by atoms with E-state index in [2.05, 4.69) is 0 Å². The first-order valence-electron chi connectivity index (χ1n) is 7.17. The number of aromatic nitrogens is 2. The summed E-state index contributed by atoms with van der Waals surface area (Å²) in [7, 11) is 0. The molecule has 0 bridgehead atoms. The number of esters is 1. The molecule has 24 heavy (non-hydrogen) atoms. The molecule has 2 heterocycles. The summed E-state index contributed by atoms with van der Waals surface area (Å²) >= 11 is 0. The molecule has 0 saturated carbocycles.